The van der Waals surface area contributed by atoms with E-state index >= 15 is 0 Å². The summed E-state index contributed by atoms with van der Waals surface area (Å²) < 4.78 is 2.06. The van der Waals surface area contributed by atoms with Crippen LogP contribution in [0.4, 0.5) is 5.69 Å². The number of hydrogen-bond donors (Lipinski definition) is 1. The first-order valence-corrected chi connectivity index (χ1v) is 5.54. The van der Waals surface area contributed by atoms with Crippen LogP contribution in [-0.2, 0) is 6.54 Å². The van der Waals surface area contributed by atoms with Gasteiger partial charge in [0.25, 0.3) is 0 Å². The smallest absolute Gasteiger partial charge is 0.0943 e. The second-order valence-corrected chi connectivity index (χ2v) is 4.47. The monoisotopic (exact) mass is 201 g/mol. The van der Waals surface area contributed by atoms with Gasteiger partial charge >= 0.3 is 0 Å². The van der Waals surface area contributed by atoms with Crippen LogP contribution in [0.5, 0.6) is 0 Å². The Labute approximate surface area is 88.9 Å². The average Bonchev–Trinajstić information content (AvgIpc) is 2.53. The number of nitrogen functional groups attached to an aromatic ring is 1. The maximum absolute atomic E-state index is 5.72. The van der Waals surface area contributed by atoms with E-state index in [-0.39, 0.29) is 0 Å². The number of nitrogens with zero attached hydrogens (tertiary/aromatic N) is 2. The van der Waals surface area contributed by atoms with E-state index in [0.717, 1.165) is 23.7 Å². The number of rotatable bonds is 2. The molecule has 1 heterocycles. The van der Waals surface area contributed by atoms with Gasteiger partial charge in [-0.05, 0) is 37.0 Å². The lowest BCUT2D eigenvalue weighted by atomic mass is 9.85. The van der Waals surface area contributed by atoms with E-state index in [0.29, 0.717) is 0 Å². The van der Waals surface area contributed by atoms with Crippen molar-refractivity contribution in [3.8, 4) is 0 Å². The third-order valence-corrected chi connectivity index (χ3v) is 3.25. The van der Waals surface area contributed by atoms with Crippen molar-refractivity contribution in [2.75, 3.05) is 5.73 Å². The molecule has 15 heavy (non-hydrogen) atoms. The van der Waals surface area contributed by atoms with Gasteiger partial charge in [0.05, 0.1) is 5.52 Å². The Bertz CT molecular complexity index is 483. The van der Waals surface area contributed by atoms with Crippen molar-refractivity contribution in [3.63, 3.8) is 0 Å². The van der Waals surface area contributed by atoms with Crippen LogP contribution in [-0.4, -0.2) is 9.78 Å². The van der Waals surface area contributed by atoms with Crippen molar-refractivity contribution < 1.29 is 0 Å². The molecule has 0 unspecified atom stereocenters. The number of benzene rings is 1. The molecular weight excluding hydrogens is 186 g/mol. The van der Waals surface area contributed by atoms with Crippen LogP contribution in [0.15, 0.2) is 24.4 Å². The normalized spacial score (nSPS) is 16.8. The summed E-state index contributed by atoms with van der Waals surface area (Å²) in [6.45, 7) is 1.06. The lowest BCUT2D eigenvalue weighted by molar-refractivity contribution is 0.267. The highest BCUT2D eigenvalue weighted by Gasteiger charge is 2.18. The van der Waals surface area contributed by atoms with E-state index in [1.807, 2.05) is 18.2 Å². The molecule has 0 radical (unpaired) electrons. The first kappa shape index (κ1) is 8.77. The quantitative estimate of drug-likeness (QED) is 0.758. The van der Waals surface area contributed by atoms with Crippen molar-refractivity contribution in [1.82, 2.24) is 9.78 Å². The second-order valence-electron chi connectivity index (χ2n) is 4.47. The van der Waals surface area contributed by atoms with Crippen molar-refractivity contribution in [2.45, 2.75) is 25.8 Å². The highest BCUT2D eigenvalue weighted by atomic mass is 15.3. The number of fused-ring (bicyclic) bond motifs is 1. The van der Waals surface area contributed by atoms with E-state index in [1.165, 1.54) is 24.6 Å². The molecule has 1 fully saturated rings. The highest BCUT2D eigenvalue weighted by Crippen LogP contribution is 2.28. The number of anilines is 1. The summed E-state index contributed by atoms with van der Waals surface area (Å²) in [6, 6.07) is 5.90. The Kier molecular flexibility index (Phi) is 1.91. The first-order chi connectivity index (χ1) is 7.31. The predicted octanol–water partition coefficient (Wildman–Crippen LogP) is 2.42. The average molecular weight is 201 g/mol. The lowest BCUT2D eigenvalue weighted by Gasteiger charge is -2.24. The third kappa shape index (κ3) is 1.58. The minimum atomic E-state index is 0.788. The predicted molar refractivity (Wildman–Crippen MR) is 61.5 cm³/mol. The number of hydrogen-bond acceptors (Lipinski definition) is 2. The van der Waals surface area contributed by atoms with Crippen molar-refractivity contribution in [3.05, 3.63) is 24.4 Å². The summed E-state index contributed by atoms with van der Waals surface area (Å²) in [5.74, 6) is 0.844. The standard InChI is InChI=1S/C12H15N3/c13-11-5-4-10-8-15(14-12(10)6-11)7-9-2-1-3-9/h4-6,8-9H,1-3,7,13H2. The molecule has 1 saturated carbocycles. The van der Waals surface area contributed by atoms with Crippen molar-refractivity contribution >= 4 is 16.6 Å². The van der Waals surface area contributed by atoms with Crippen LogP contribution in [0, 0.1) is 5.92 Å². The SMILES string of the molecule is Nc1ccc2cn(CC3CCC3)nc2c1. The summed E-state index contributed by atoms with van der Waals surface area (Å²) >= 11 is 0. The summed E-state index contributed by atoms with van der Waals surface area (Å²) in [4.78, 5) is 0. The van der Waals surface area contributed by atoms with Crippen molar-refractivity contribution in [2.24, 2.45) is 5.92 Å². The Morgan fingerprint density at radius 2 is 2.27 bits per heavy atom. The fourth-order valence-corrected chi connectivity index (χ4v) is 2.12. The van der Waals surface area contributed by atoms with E-state index < -0.39 is 0 Å². The maximum Gasteiger partial charge on any atom is 0.0943 e. The van der Waals surface area contributed by atoms with Gasteiger partial charge in [0.2, 0.25) is 0 Å². The highest BCUT2D eigenvalue weighted by molar-refractivity contribution is 5.81. The molecule has 0 aliphatic heterocycles. The summed E-state index contributed by atoms with van der Waals surface area (Å²) in [7, 11) is 0. The van der Waals surface area contributed by atoms with Crippen LogP contribution >= 0.6 is 0 Å². The molecule has 3 heteroatoms. The Morgan fingerprint density at radius 3 is 3.00 bits per heavy atom. The van der Waals surface area contributed by atoms with Gasteiger partial charge in [-0.3, -0.25) is 4.68 Å². The molecule has 0 spiro atoms. The molecule has 0 amide bonds. The van der Waals surface area contributed by atoms with E-state index in [2.05, 4.69) is 16.0 Å². The van der Waals surface area contributed by atoms with Gasteiger partial charge in [0, 0.05) is 23.8 Å². The second kappa shape index (κ2) is 3.26. The molecule has 0 bridgehead atoms. The van der Waals surface area contributed by atoms with E-state index in [9.17, 15) is 0 Å². The molecule has 2 aromatic rings. The summed E-state index contributed by atoms with van der Waals surface area (Å²) in [6.07, 6.45) is 6.22. The zero-order valence-corrected chi connectivity index (χ0v) is 8.69. The van der Waals surface area contributed by atoms with Crippen LogP contribution < -0.4 is 5.73 Å². The Morgan fingerprint density at radius 1 is 1.40 bits per heavy atom. The maximum atomic E-state index is 5.72. The van der Waals surface area contributed by atoms with Gasteiger partial charge < -0.3 is 5.73 Å². The van der Waals surface area contributed by atoms with Gasteiger partial charge in [-0.1, -0.05) is 6.42 Å². The molecule has 0 saturated heterocycles. The molecule has 3 nitrogen and oxygen atoms in total. The molecule has 1 aliphatic carbocycles. The minimum Gasteiger partial charge on any atom is -0.399 e. The van der Waals surface area contributed by atoms with Gasteiger partial charge in [-0.2, -0.15) is 5.10 Å². The lowest BCUT2D eigenvalue weighted by Crippen LogP contribution is -2.18. The fraction of sp³-hybridized carbons (Fsp3) is 0.417. The van der Waals surface area contributed by atoms with Gasteiger partial charge in [-0.25, -0.2) is 0 Å². The minimum absolute atomic E-state index is 0.788. The van der Waals surface area contributed by atoms with E-state index in [1.54, 1.807) is 0 Å². The molecule has 1 aromatic heterocycles. The molecule has 78 valence electrons. The number of aromatic nitrogens is 2. The Balaban J connectivity index is 1.91. The first-order valence-electron chi connectivity index (χ1n) is 5.54. The zero-order valence-electron chi connectivity index (χ0n) is 8.69. The van der Waals surface area contributed by atoms with Crippen LogP contribution in [0.2, 0.25) is 0 Å². The molecule has 0 atom stereocenters. The molecule has 2 N–H and O–H groups in total. The van der Waals surface area contributed by atoms with Crippen LogP contribution in [0.3, 0.4) is 0 Å². The summed E-state index contributed by atoms with van der Waals surface area (Å²) in [5.41, 5.74) is 7.52. The van der Waals surface area contributed by atoms with Gasteiger partial charge in [-0.15, -0.1) is 0 Å². The van der Waals surface area contributed by atoms with E-state index in [4.69, 9.17) is 5.73 Å². The largest absolute Gasteiger partial charge is 0.399 e. The van der Waals surface area contributed by atoms with Crippen LogP contribution in [0.25, 0.3) is 10.9 Å². The molecule has 1 aliphatic rings. The molecule has 1 aromatic carbocycles. The van der Waals surface area contributed by atoms with Crippen molar-refractivity contribution in [1.29, 1.82) is 0 Å². The summed E-state index contributed by atoms with van der Waals surface area (Å²) in [5, 5.41) is 5.72. The number of nitrogens with two attached hydrogens (primary N) is 1. The topological polar surface area (TPSA) is 43.8 Å². The third-order valence-electron chi connectivity index (χ3n) is 3.25. The van der Waals surface area contributed by atoms with Crippen LogP contribution in [0.1, 0.15) is 19.3 Å². The van der Waals surface area contributed by atoms with Gasteiger partial charge in [0.15, 0.2) is 0 Å². The zero-order chi connectivity index (χ0) is 10.3. The molecule has 3 rings (SSSR count). The Hall–Kier alpha value is -1.51. The fourth-order valence-electron chi connectivity index (χ4n) is 2.12. The molecular formula is C12H15N3. The van der Waals surface area contributed by atoms with Gasteiger partial charge in [0.1, 0.15) is 0 Å².